The second-order valence-electron chi connectivity index (χ2n) is 15.3. The van der Waals surface area contributed by atoms with Crippen molar-refractivity contribution < 1.29 is 0 Å². The standard InChI is InChI=1S/C50H46N2/c1-35-21-25-41(26-22-35)51(42-27-23-36(2)24-28-42)43-29-30-48-46(34-43)45-19-13-14-20-47(45)52(48)44-32-39(49(3,4)37-15-9-7-10-16-37)31-40(33-44)50(5,6)38-17-11-8-12-18-38/h7-34H,1-6H3. The van der Waals surface area contributed by atoms with Crippen molar-refractivity contribution in [3.63, 3.8) is 0 Å². The molecule has 8 rings (SSSR count). The minimum absolute atomic E-state index is 0.215. The van der Waals surface area contributed by atoms with Crippen molar-refractivity contribution in [2.24, 2.45) is 0 Å². The number of hydrogen-bond acceptors (Lipinski definition) is 1. The molecule has 7 aromatic carbocycles. The van der Waals surface area contributed by atoms with Crippen LogP contribution in [0.15, 0.2) is 170 Å². The Kier molecular flexibility index (Phi) is 8.35. The Labute approximate surface area is 308 Å². The molecule has 0 unspecified atom stereocenters. The van der Waals surface area contributed by atoms with Crippen molar-refractivity contribution >= 4 is 38.9 Å². The van der Waals surface area contributed by atoms with Gasteiger partial charge >= 0.3 is 0 Å². The monoisotopic (exact) mass is 674 g/mol. The fourth-order valence-electron chi connectivity index (χ4n) is 7.72. The summed E-state index contributed by atoms with van der Waals surface area (Å²) in [6.07, 6.45) is 0. The number of fused-ring (bicyclic) bond motifs is 3. The zero-order valence-corrected chi connectivity index (χ0v) is 31.1. The molecule has 2 nitrogen and oxygen atoms in total. The van der Waals surface area contributed by atoms with Crippen LogP contribution in [0.1, 0.15) is 61.1 Å². The number of rotatable bonds is 8. The molecular weight excluding hydrogens is 629 g/mol. The molecule has 0 bridgehead atoms. The average molecular weight is 675 g/mol. The number of aromatic nitrogens is 1. The van der Waals surface area contributed by atoms with Gasteiger partial charge in [-0.05, 0) is 96.8 Å². The number of nitrogens with zero attached hydrogens (tertiary/aromatic N) is 2. The molecule has 256 valence electrons. The molecule has 0 saturated heterocycles. The van der Waals surface area contributed by atoms with Crippen molar-refractivity contribution in [1.82, 2.24) is 4.57 Å². The molecule has 0 fully saturated rings. The second kappa shape index (κ2) is 13.0. The zero-order chi connectivity index (χ0) is 36.0. The SMILES string of the molecule is Cc1ccc(N(c2ccc(C)cc2)c2ccc3c(c2)c2ccccc2n3-c2cc(C(C)(C)c3ccccc3)cc(C(C)(C)c3ccccc3)c2)cc1. The quantitative estimate of drug-likeness (QED) is 0.156. The molecule has 0 N–H and O–H groups in total. The molecule has 0 aliphatic rings. The molecule has 0 amide bonds. The average Bonchev–Trinajstić information content (AvgIpc) is 3.51. The summed E-state index contributed by atoms with van der Waals surface area (Å²) < 4.78 is 2.48. The summed E-state index contributed by atoms with van der Waals surface area (Å²) in [5.41, 5.74) is 14.2. The lowest BCUT2D eigenvalue weighted by molar-refractivity contribution is 0.616. The number of aryl methyl sites for hydroxylation is 2. The minimum Gasteiger partial charge on any atom is -0.310 e. The highest BCUT2D eigenvalue weighted by atomic mass is 15.1. The van der Waals surface area contributed by atoms with Crippen molar-refractivity contribution in [1.29, 1.82) is 0 Å². The first kappa shape index (κ1) is 33.3. The van der Waals surface area contributed by atoms with Gasteiger partial charge in [0.2, 0.25) is 0 Å². The highest BCUT2D eigenvalue weighted by Crippen LogP contribution is 2.43. The van der Waals surface area contributed by atoms with Crippen LogP contribution >= 0.6 is 0 Å². The number of para-hydroxylation sites is 1. The highest BCUT2D eigenvalue weighted by Gasteiger charge is 2.30. The third-order valence-electron chi connectivity index (χ3n) is 11.1. The maximum absolute atomic E-state index is 2.48. The number of benzene rings is 7. The van der Waals surface area contributed by atoms with E-state index >= 15 is 0 Å². The maximum atomic E-state index is 2.48. The lowest BCUT2D eigenvalue weighted by atomic mass is 9.73. The normalized spacial score (nSPS) is 12.0. The van der Waals surface area contributed by atoms with E-state index in [-0.39, 0.29) is 10.8 Å². The molecule has 0 atom stereocenters. The zero-order valence-electron chi connectivity index (χ0n) is 31.1. The molecule has 8 aromatic rings. The molecule has 52 heavy (non-hydrogen) atoms. The third kappa shape index (κ3) is 5.89. The first-order valence-corrected chi connectivity index (χ1v) is 18.4. The van der Waals surface area contributed by atoms with Gasteiger partial charge in [0, 0.05) is 44.4 Å². The van der Waals surface area contributed by atoms with E-state index in [0.717, 1.165) is 17.1 Å². The van der Waals surface area contributed by atoms with Crippen molar-refractivity contribution in [2.75, 3.05) is 4.90 Å². The van der Waals surface area contributed by atoms with Crippen molar-refractivity contribution in [3.05, 3.63) is 203 Å². The van der Waals surface area contributed by atoms with Crippen LogP contribution in [0.2, 0.25) is 0 Å². The number of anilines is 3. The molecule has 0 aliphatic heterocycles. The molecule has 0 spiro atoms. The van der Waals surface area contributed by atoms with E-state index in [2.05, 4.69) is 221 Å². The smallest absolute Gasteiger partial charge is 0.0542 e. The maximum Gasteiger partial charge on any atom is 0.0542 e. The summed E-state index contributed by atoms with van der Waals surface area (Å²) in [5, 5.41) is 2.47. The summed E-state index contributed by atoms with van der Waals surface area (Å²) in [5.74, 6) is 0. The molecule has 1 aromatic heterocycles. The van der Waals surface area contributed by atoms with Gasteiger partial charge in [-0.3, -0.25) is 0 Å². The van der Waals surface area contributed by atoms with E-state index in [0.29, 0.717) is 0 Å². The number of hydrogen-bond donors (Lipinski definition) is 0. The van der Waals surface area contributed by atoms with Gasteiger partial charge in [0.1, 0.15) is 0 Å². The first-order valence-electron chi connectivity index (χ1n) is 18.4. The predicted molar refractivity (Wildman–Crippen MR) is 222 cm³/mol. The lowest BCUT2D eigenvalue weighted by Crippen LogP contribution is -2.23. The molecule has 0 saturated carbocycles. The van der Waals surface area contributed by atoms with Crippen LogP contribution in [0.5, 0.6) is 0 Å². The van der Waals surface area contributed by atoms with Crippen molar-refractivity contribution in [3.8, 4) is 5.69 Å². The van der Waals surface area contributed by atoms with Gasteiger partial charge in [-0.25, -0.2) is 0 Å². The van der Waals surface area contributed by atoms with E-state index in [1.165, 1.54) is 60.9 Å². The van der Waals surface area contributed by atoms with E-state index in [1.54, 1.807) is 0 Å². The molecule has 1 heterocycles. The molecular formula is C50H46N2. The first-order chi connectivity index (χ1) is 25.1. The van der Waals surface area contributed by atoms with Crippen LogP contribution in [-0.4, -0.2) is 4.57 Å². The second-order valence-corrected chi connectivity index (χ2v) is 15.3. The summed E-state index contributed by atoms with van der Waals surface area (Å²) in [6.45, 7) is 13.7. The Morgan fingerprint density at radius 1 is 0.385 bits per heavy atom. The Morgan fingerprint density at radius 3 is 1.35 bits per heavy atom. The summed E-state index contributed by atoms with van der Waals surface area (Å²) in [4.78, 5) is 2.37. The highest BCUT2D eigenvalue weighted by molar-refractivity contribution is 6.10. The van der Waals surface area contributed by atoms with Gasteiger partial charge in [0.15, 0.2) is 0 Å². The van der Waals surface area contributed by atoms with Gasteiger partial charge in [0.05, 0.1) is 11.0 Å². The van der Waals surface area contributed by atoms with Gasteiger partial charge < -0.3 is 9.47 Å². The van der Waals surface area contributed by atoms with E-state index in [1.807, 2.05) is 0 Å². The topological polar surface area (TPSA) is 8.17 Å². The predicted octanol–water partition coefficient (Wildman–Crippen LogP) is 13.5. The van der Waals surface area contributed by atoms with Crippen LogP contribution in [0.3, 0.4) is 0 Å². The fraction of sp³-hybridized carbons (Fsp3) is 0.160. The van der Waals surface area contributed by atoms with Gasteiger partial charge in [-0.15, -0.1) is 0 Å². The van der Waals surface area contributed by atoms with Crippen LogP contribution in [0.25, 0.3) is 27.5 Å². The lowest BCUT2D eigenvalue weighted by Gasteiger charge is -2.32. The Morgan fingerprint density at radius 2 is 0.827 bits per heavy atom. The summed E-state index contributed by atoms with van der Waals surface area (Å²) >= 11 is 0. The van der Waals surface area contributed by atoms with Gasteiger partial charge in [-0.1, -0.05) is 148 Å². The largest absolute Gasteiger partial charge is 0.310 e. The van der Waals surface area contributed by atoms with E-state index < -0.39 is 0 Å². The van der Waals surface area contributed by atoms with E-state index in [9.17, 15) is 0 Å². The Balaban J connectivity index is 1.37. The molecule has 0 aliphatic carbocycles. The van der Waals surface area contributed by atoms with Crippen LogP contribution in [0.4, 0.5) is 17.1 Å². The third-order valence-corrected chi connectivity index (χ3v) is 11.1. The molecule has 0 radical (unpaired) electrons. The summed E-state index contributed by atoms with van der Waals surface area (Å²) in [6, 6.07) is 62.6. The minimum atomic E-state index is -0.215. The molecule has 2 heteroatoms. The van der Waals surface area contributed by atoms with Gasteiger partial charge in [0.25, 0.3) is 0 Å². The fourth-order valence-corrected chi connectivity index (χ4v) is 7.72. The van der Waals surface area contributed by atoms with Crippen LogP contribution < -0.4 is 4.90 Å². The van der Waals surface area contributed by atoms with E-state index in [4.69, 9.17) is 0 Å². The summed E-state index contributed by atoms with van der Waals surface area (Å²) in [7, 11) is 0. The Bertz CT molecular complexity index is 2390. The van der Waals surface area contributed by atoms with Gasteiger partial charge in [-0.2, -0.15) is 0 Å². The van der Waals surface area contributed by atoms with Crippen LogP contribution in [-0.2, 0) is 10.8 Å². The van der Waals surface area contributed by atoms with Crippen LogP contribution in [0, 0.1) is 13.8 Å². The Hall–Kier alpha value is -5.86. The van der Waals surface area contributed by atoms with Crippen molar-refractivity contribution in [2.45, 2.75) is 52.4 Å².